The molecule has 0 fully saturated rings. The van der Waals surface area contributed by atoms with E-state index in [-0.39, 0.29) is 21.8 Å². The Kier molecular flexibility index (Phi) is 3.36. The number of alkyl halides is 3. The van der Waals surface area contributed by atoms with Gasteiger partial charge in [0.25, 0.3) is 0 Å². The van der Waals surface area contributed by atoms with Crippen molar-refractivity contribution in [3.05, 3.63) is 35.0 Å². The summed E-state index contributed by atoms with van der Waals surface area (Å²) in [5, 5.41) is 0.293. The average molecular weight is 290 g/mol. The molecule has 19 heavy (non-hydrogen) atoms. The lowest BCUT2D eigenvalue weighted by atomic mass is 10.1. The summed E-state index contributed by atoms with van der Waals surface area (Å²) in [6.07, 6.45) is -3.50. The zero-order valence-corrected chi connectivity index (χ0v) is 10.3. The molecule has 0 saturated heterocycles. The molecule has 1 heterocycles. The molecule has 1 aromatic carbocycles. The molecule has 0 aliphatic carbocycles. The van der Waals surface area contributed by atoms with Crippen LogP contribution in [0, 0.1) is 0 Å². The van der Waals surface area contributed by atoms with Gasteiger partial charge in [-0.15, -0.1) is 13.2 Å². The van der Waals surface area contributed by atoms with Crippen molar-refractivity contribution in [1.82, 2.24) is 4.98 Å². The Morgan fingerprint density at radius 2 is 2.05 bits per heavy atom. The Morgan fingerprint density at radius 3 is 2.63 bits per heavy atom. The van der Waals surface area contributed by atoms with Gasteiger partial charge in [-0.1, -0.05) is 11.6 Å². The largest absolute Gasteiger partial charge is 0.573 e. The van der Waals surface area contributed by atoms with E-state index in [2.05, 4.69) is 9.72 Å². The smallest absolute Gasteiger partial charge is 0.406 e. The molecule has 7 heteroatoms. The standard InChI is InChI=1S/C12H7ClF3NO2/c1-6(18)9-5-17-10-3-2-7(19-12(14,15)16)4-8(10)11(9)13/h2-5H,1H3. The van der Waals surface area contributed by atoms with Crippen molar-refractivity contribution < 1.29 is 22.7 Å². The number of pyridine rings is 1. The number of ketones is 1. The number of carbonyl (C=O) groups excluding carboxylic acids is 1. The van der Waals surface area contributed by atoms with Gasteiger partial charge in [0, 0.05) is 11.6 Å². The molecule has 0 atom stereocenters. The van der Waals surface area contributed by atoms with E-state index in [4.69, 9.17) is 11.6 Å². The first kappa shape index (κ1) is 13.6. The molecule has 1 aromatic heterocycles. The summed E-state index contributed by atoms with van der Waals surface area (Å²) in [6.45, 7) is 1.30. The third-order valence-electron chi connectivity index (χ3n) is 2.39. The molecule has 0 spiro atoms. The van der Waals surface area contributed by atoms with Gasteiger partial charge in [0.1, 0.15) is 5.75 Å². The fourth-order valence-electron chi connectivity index (χ4n) is 1.58. The topological polar surface area (TPSA) is 39.2 Å². The van der Waals surface area contributed by atoms with E-state index >= 15 is 0 Å². The van der Waals surface area contributed by atoms with E-state index in [0.29, 0.717) is 5.52 Å². The molecule has 0 aliphatic rings. The Morgan fingerprint density at radius 1 is 1.37 bits per heavy atom. The van der Waals surface area contributed by atoms with Crippen molar-refractivity contribution in [2.75, 3.05) is 0 Å². The minimum absolute atomic E-state index is 0.0603. The van der Waals surface area contributed by atoms with Crippen molar-refractivity contribution in [3.63, 3.8) is 0 Å². The third-order valence-corrected chi connectivity index (χ3v) is 2.79. The molecule has 2 aromatic rings. The summed E-state index contributed by atoms with van der Waals surface area (Å²) in [5.41, 5.74) is 0.530. The molecular weight excluding hydrogens is 283 g/mol. The van der Waals surface area contributed by atoms with Crippen LogP contribution in [-0.4, -0.2) is 17.1 Å². The Bertz CT molecular complexity index is 655. The van der Waals surface area contributed by atoms with Gasteiger partial charge >= 0.3 is 6.36 Å². The second-order valence-corrected chi connectivity index (χ2v) is 4.15. The number of Topliss-reactive ketones (excluding diaryl/α,β-unsaturated/α-hetero) is 1. The zero-order valence-electron chi connectivity index (χ0n) is 9.58. The second kappa shape index (κ2) is 4.70. The predicted molar refractivity (Wildman–Crippen MR) is 63.4 cm³/mol. The summed E-state index contributed by atoms with van der Waals surface area (Å²) in [4.78, 5) is 15.2. The van der Waals surface area contributed by atoms with Crippen LogP contribution >= 0.6 is 11.6 Å². The van der Waals surface area contributed by atoms with E-state index in [1.165, 1.54) is 19.2 Å². The van der Waals surface area contributed by atoms with Crippen molar-refractivity contribution in [3.8, 4) is 5.75 Å². The molecule has 2 rings (SSSR count). The van der Waals surface area contributed by atoms with E-state index in [1.807, 2.05) is 0 Å². The van der Waals surface area contributed by atoms with Crippen molar-refractivity contribution in [2.24, 2.45) is 0 Å². The number of carbonyl (C=O) groups is 1. The lowest BCUT2D eigenvalue weighted by Gasteiger charge is -2.10. The van der Waals surface area contributed by atoms with Gasteiger partial charge in [0.2, 0.25) is 0 Å². The molecule has 0 saturated carbocycles. The fourth-order valence-corrected chi connectivity index (χ4v) is 1.92. The van der Waals surface area contributed by atoms with Crippen LogP contribution in [0.1, 0.15) is 17.3 Å². The highest BCUT2D eigenvalue weighted by Crippen LogP contribution is 2.31. The van der Waals surface area contributed by atoms with Crippen LogP contribution in [0.15, 0.2) is 24.4 Å². The molecular formula is C12H7ClF3NO2. The van der Waals surface area contributed by atoms with Crippen LogP contribution in [0.4, 0.5) is 13.2 Å². The number of aromatic nitrogens is 1. The normalized spacial score (nSPS) is 11.6. The number of halogens is 4. The Labute approximate surface area is 111 Å². The highest BCUT2D eigenvalue weighted by atomic mass is 35.5. The van der Waals surface area contributed by atoms with E-state index in [1.54, 1.807) is 0 Å². The molecule has 0 radical (unpaired) electrons. The molecule has 0 aliphatic heterocycles. The molecule has 0 N–H and O–H groups in total. The first-order chi connectivity index (χ1) is 8.78. The minimum Gasteiger partial charge on any atom is -0.406 e. The maximum Gasteiger partial charge on any atom is 0.573 e. The molecule has 0 unspecified atom stereocenters. The van der Waals surface area contributed by atoms with Crippen molar-refractivity contribution in [1.29, 1.82) is 0 Å². The number of hydrogen-bond donors (Lipinski definition) is 0. The summed E-state index contributed by atoms with van der Waals surface area (Å²) in [5.74, 6) is -0.731. The van der Waals surface area contributed by atoms with Gasteiger partial charge in [-0.3, -0.25) is 9.78 Å². The van der Waals surface area contributed by atoms with E-state index < -0.39 is 12.1 Å². The molecule has 0 amide bonds. The zero-order chi connectivity index (χ0) is 14.2. The SMILES string of the molecule is CC(=O)c1cnc2ccc(OC(F)(F)F)cc2c1Cl. The molecule has 100 valence electrons. The number of rotatable bonds is 2. The van der Waals surface area contributed by atoms with Gasteiger partial charge in [-0.05, 0) is 25.1 Å². The maximum absolute atomic E-state index is 12.1. The highest BCUT2D eigenvalue weighted by Gasteiger charge is 2.31. The third kappa shape index (κ3) is 2.96. The number of benzene rings is 1. The van der Waals surface area contributed by atoms with Gasteiger partial charge < -0.3 is 4.74 Å². The quantitative estimate of drug-likeness (QED) is 0.785. The Balaban J connectivity index is 2.57. The first-order valence-electron chi connectivity index (χ1n) is 5.13. The number of hydrogen-bond acceptors (Lipinski definition) is 3. The van der Waals surface area contributed by atoms with Crippen molar-refractivity contribution in [2.45, 2.75) is 13.3 Å². The molecule has 3 nitrogen and oxygen atoms in total. The first-order valence-corrected chi connectivity index (χ1v) is 5.50. The summed E-state index contributed by atoms with van der Waals surface area (Å²) >= 11 is 5.98. The lowest BCUT2D eigenvalue weighted by Crippen LogP contribution is -2.17. The summed E-state index contributed by atoms with van der Waals surface area (Å²) in [7, 11) is 0. The highest BCUT2D eigenvalue weighted by molar-refractivity contribution is 6.38. The van der Waals surface area contributed by atoms with Crippen LogP contribution in [0.2, 0.25) is 5.02 Å². The summed E-state index contributed by atoms with van der Waals surface area (Å²) in [6, 6.07) is 3.57. The Hall–Kier alpha value is -1.82. The van der Waals surface area contributed by atoms with E-state index in [0.717, 1.165) is 12.1 Å². The predicted octanol–water partition coefficient (Wildman–Crippen LogP) is 3.99. The number of nitrogens with zero attached hydrogens (tertiary/aromatic N) is 1. The van der Waals surface area contributed by atoms with Crippen LogP contribution in [0.5, 0.6) is 5.75 Å². The van der Waals surface area contributed by atoms with Crippen LogP contribution < -0.4 is 4.74 Å². The van der Waals surface area contributed by atoms with Gasteiger partial charge in [0.15, 0.2) is 5.78 Å². The number of fused-ring (bicyclic) bond motifs is 1. The van der Waals surface area contributed by atoms with Gasteiger partial charge in [0.05, 0.1) is 16.1 Å². The van der Waals surface area contributed by atoms with Gasteiger partial charge in [-0.2, -0.15) is 0 Å². The van der Waals surface area contributed by atoms with Crippen LogP contribution in [0.3, 0.4) is 0 Å². The average Bonchev–Trinajstić information content (AvgIpc) is 2.27. The molecule has 0 bridgehead atoms. The fraction of sp³-hybridized carbons (Fsp3) is 0.167. The maximum atomic E-state index is 12.1. The second-order valence-electron chi connectivity index (χ2n) is 3.77. The summed E-state index contributed by atoms with van der Waals surface area (Å²) < 4.78 is 40.2. The van der Waals surface area contributed by atoms with Gasteiger partial charge in [-0.25, -0.2) is 0 Å². The lowest BCUT2D eigenvalue weighted by molar-refractivity contribution is -0.274. The monoisotopic (exact) mass is 289 g/mol. The van der Waals surface area contributed by atoms with E-state index in [9.17, 15) is 18.0 Å². The van der Waals surface area contributed by atoms with Crippen LogP contribution in [0.25, 0.3) is 10.9 Å². The van der Waals surface area contributed by atoms with Crippen molar-refractivity contribution >= 4 is 28.3 Å². The van der Waals surface area contributed by atoms with Crippen LogP contribution in [-0.2, 0) is 0 Å². The number of ether oxygens (including phenoxy) is 1. The minimum atomic E-state index is -4.79.